The molecule has 1 aromatic carbocycles. The number of sulfonamides is 1. The summed E-state index contributed by atoms with van der Waals surface area (Å²) in [5.74, 6) is 1.29. The van der Waals surface area contributed by atoms with Crippen LogP contribution in [0.15, 0.2) is 39.6 Å². The summed E-state index contributed by atoms with van der Waals surface area (Å²) in [6.07, 6.45) is 0. The van der Waals surface area contributed by atoms with Crippen LogP contribution in [0, 0.1) is 13.8 Å². The Labute approximate surface area is 118 Å². The van der Waals surface area contributed by atoms with Gasteiger partial charge in [-0.15, -0.1) is 0 Å². The van der Waals surface area contributed by atoms with E-state index in [0.717, 1.165) is 11.3 Å². The van der Waals surface area contributed by atoms with Crippen LogP contribution >= 0.6 is 0 Å². The van der Waals surface area contributed by atoms with Crippen molar-refractivity contribution in [3.8, 4) is 0 Å². The minimum atomic E-state index is -3.62. The van der Waals surface area contributed by atoms with E-state index >= 15 is 0 Å². The predicted octanol–water partition coefficient (Wildman–Crippen LogP) is 1.87. The molecule has 1 heterocycles. The minimum absolute atomic E-state index is 0.0957. The van der Waals surface area contributed by atoms with Crippen LogP contribution < -0.4 is 4.72 Å². The molecule has 2 N–H and O–H groups in total. The first-order chi connectivity index (χ1) is 9.42. The Hall–Kier alpha value is -1.63. The number of hydrogen-bond acceptors (Lipinski definition) is 4. The number of aryl methyl sites for hydroxylation is 2. The summed E-state index contributed by atoms with van der Waals surface area (Å²) in [5.41, 5.74) is 1.45. The molecule has 6 heteroatoms. The number of aliphatic hydroxyl groups excluding tert-OH is 1. The summed E-state index contributed by atoms with van der Waals surface area (Å²) >= 11 is 0. The second-order valence-corrected chi connectivity index (χ2v) is 6.35. The fourth-order valence-electron chi connectivity index (χ4n) is 1.81. The normalized spacial score (nSPS) is 11.8. The third-order valence-electron chi connectivity index (χ3n) is 3.03. The molecule has 0 unspecified atom stereocenters. The van der Waals surface area contributed by atoms with Crippen molar-refractivity contribution in [1.82, 2.24) is 4.72 Å². The molecule has 0 aliphatic heterocycles. The molecular formula is C14H17NO4S. The van der Waals surface area contributed by atoms with Crippen LogP contribution in [0.25, 0.3) is 0 Å². The molecule has 0 radical (unpaired) electrons. The first-order valence-electron chi connectivity index (χ1n) is 6.18. The number of aliphatic hydroxyl groups is 1. The van der Waals surface area contributed by atoms with E-state index in [0.29, 0.717) is 11.3 Å². The van der Waals surface area contributed by atoms with Gasteiger partial charge >= 0.3 is 0 Å². The van der Waals surface area contributed by atoms with Gasteiger partial charge in [-0.3, -0.25) is 0 Å². The molecule has 0 amide bonds. The molecule has 0 bridgehead atoms. The number of nitrogens with one attached hydrogen (secondary N) is 1. The highest BCUT2D eigenvalue weighted by Crippen LogP contribution is 2.16. The summed E-state index contributed by atoms with van der Waals surface area (Å²) in [4.78, 5) is 0.135. The van der Waals surface area contributed by atoms with Crippen LogP contribution in [0.3, 0.4) is 0 Å². The highest BCUT2D eigenvalue weighted by atomic mass is 32.2. The van der Waals surface area contributed by atoms with Crippen LogP contribution in [-0.2, 0) is 23.2 Å². The van der Waals surface area contributed by atoms with Crippen molar-refractivity contribution in [3.05, 3.63) is 53.0 Å². The third-order valence-corrected chi connectivity index (χ3v) is 4.43. The molecule has 0 aliphatic carbocycles. The molecule has 0 atom stereocenters. The van der Waals surface area contributed by atoms with Crippen molar-refractivity contribution in [3.63, 3.8) is 0 Å². The zero-order chi connectivity index (χ0) is 14.8. The molecule has 0 fully saturated rings. The molecule has 2 aromatic rings. The lowest BCUT2D eigenvalue weighted by Crippen LogP contribution is -2.23. The Kier molecular flexibility index (Phi) is 4.27. The van der Waals surface area contributed by atoms with Crippen molar-refractivity contribution < 1.29 is 17.9 Å². The Balaban J connectivity index is 2.17. The lowest BCUT2D eigenvalue weighted by Gasteiger charge is -2.08. The zero-order valence-electron chi connectivity index (χ0n) is 11.4. The fourth-order valence-corrected chi connectivity index (χ4v) is 2.86. The molecule has 1 aromatic heterocycles. The standard InChI is InChI=1S/C14H17NO4S/c1-10-3-6-14(7-12(10)9-16)20(17,18)15-8-13-5-4-11(2)19-13/h3-7,15-16H,8-9H2,1-2H3. The molecular weight excluding hydrogens is 278 g/mol. The number of rotatable bonds is 5. The lowest BCUT2D eigenvalue weighted by molar-refractivity contribution is 0.280. The van der Waals surface area contributed by atoms with Crippen LogP contribution in [0.5, 0.6) is 0 Å². The Morgan fingerprint density at radius 2 is 1.95 bits per heavy atom. The van der Waals surface area contributed by atoms with Crippen molar-refractivity contribution in [2.24, 2.45) is 0 Å². The Bertz CT molecular complexity index is 704. The van der Waals surface area contributed by atoms with E-state index in [1.165, 1.54) is 12.1 Å². The van der Waals surface area contributed by atoms with E-state index in [4.69, 9.17) is 4.42 Å². The molecule has 5 nitrogen and oxygen atoms in total. The summed E-state index contributed by atoms with van der Waals surface area (Å²) in [6.45, 7) is 3.53. The molecule has 2 rings (SSSR count). The zero-order valence-corrected chi connectivity index (χ0v) is 12.2. The number of furan rings is 1. The van der Waals surface area contributed by atoms with E-state index in [1.54, 1.807) is 25.1 Å². The van der Waals surface area contributed by atoms with E-state index < -0.39 is 10.0 Å². The van der Waals surface area contributed by atoms with Crippen molar-refractivity contribution >= 4 is 10.0 Å². The van der Waals surface area contributed by atoms with Gasteiger partial charge in [-0.1, -0.05) is 6.07 Å². The van der Waals surface area contributed by atoms with Gasteiger partial charge in [-0.25, -0.2) is 13.1 Å². The second-order valence-electron chi connectivity index (χ2n) is 4.58. The third kappa shape index (κ3) is 3.27. The largest absolute Gasteiger partial charge is 0.465 e. The number of benzene rings is 1. The topological polar surface area (TPSA) is 79.5 Å². The Morgan fingerprint density at radius 3 is 2.55 bits per heavy atom. The predicted molar refractivity (Wildman–Crippen MR) is 74.6 cm³/mol. The van der Waals surface area contributed by atoms with Gasteiger partial charge < -0.3 is 9.52 Å². The summed E-state index contributed by atoms with van der Waals surface area (Å²) < 4.78 is 32.1. The summed E-state index contributed by atoms with van der Waals surface area (Å²) in [7, 11) is -3.62. The molecule has 0 aliphatic rings. The quantitative estimate of drug-likeness (QED) is 0.882. The maximum Gasteiger partial charge on any atom is 0.240 e. The van der Waals surface area contributed by atoms with Gasteiger partial charge in [-0.05, 0) is 49.2 Å². The fraction of sp³-hybridized carbons (Fsp3) is 0.286. The van der Waals surface area contributed by atoms with Gasteiger partial charge in [-0.2, -0.15) is 0 Å². The lowest BCUT2D eigenvalue weighted by atomic mass is 10.1. The van der Waals surface area contributed by atoms with Gasteiger partial charge in [0, 0.05) is 0 Å². The average Bonchev–Trinajstić information content (AvgIpc) is 2.83. The van der Waals surface area contributed by atoms with Gasteiger partial charge in [0.05, 0.1) is 18.0 Å². The molecule has 0 saturated heterocycles. The second kappa shape index (κ2) is 5.78. The van der Waals surface area contributed by atoms with Crippen LogP contribution in [0.4, 0.5) is 0 Å². The van der Waals surface area contributed by atoms with Gasteiger partial charge in [0.25, 0.3) is 0 Å². The van der Waals surface area contributed by atoms with Crippen molar-refractivity contribution in [2.45, 2.75) is 31.9 Å². The van der Waals surface area contributed by atoms with E-state index in [1.807, 2.05) is 6.92 Å². The highest BCUT2D eigenvalue weighted by Gasteiger charge is 2.15. The molecule has 0 saturated carbocycles. The number of hydrogen-bond donors (Lipinski definition) is 2. The maximum absolute atomic E-state index is 12.2. The SMILES string of the molecule is Cc1ccc(CNS(=O)(=O)c2ccc(C)c(CO)c2)o1. The van der Waals surface area contributed by atoms with Crippen molar-refractivity contribution in [1.29, 1.82) is 0 Å². The average molecular weight is 295 g/mol. The maximum atomic E-state index is 12.2. The highest BCUT2D eigenvalue weighted by molar-refractivity contribution is 7.89. The van der Waals surface area contributed by atoms with Crippen LogP contribution in [0.2, 0.25) is 0 Å². The summed E-state index contributed by atoms with van der Waals surface area (Å²) in [6, 6.07) is 8.18. The first kappa shape index (κ1) is 14.8. The van der Waals surface area contributed by atoms with Gasteiger partial charge in [0.2, 0.25) is 10.0 Å². The minimum Gasteiger partial charge on any atom is -0.465 e. The van der Waals surface area contributed by atoms with E-state index in [2.05, 4.69) is 4.72 Å². The molecule has 20 heavy (non-hydrogen) atoms. The van der Waals surface area contributed by atoms with Crippen LogP contribution in [0.1, 0.15) is 22.6 Å². The summed E-state index contributed by atoms with van der Waals surface area (Å²) in [5, 5.41) is 9.19. The van der Waals surface area contributed by atoms with E-state index in [-0.39, 0.29) is 18.0 Å². The van der Waals surface area contributed by atoms with Gasteiger partial charge in [0.1, 0.15) is 11.5 Å². The first-order valence-corrected chi connectivity index (χ1v) is 7.66. The monoisotopic (exact) mass is 295 g/mol. The van der Waals surface area contributed by atoms with Crippen molar-refractivity contribution in [2.75, 3.05) is 0 Å². The van der Waals surface area contributed by atoms with E-state index in [9.17, 15) is 13.5 Å². The van der Waals surface area contributed by atoms with Crippen LogP contribution in [-0.4, -0.2) is 13.5 Å². The Morgan fingerprint density at radius 1 is 1.20 bits per heavy atom. The van der Waals surface area contributed by atoms with Gasteiger partial charge in [0.15, 0.2) is 0 Å². The smallest absolute Gasteiger partial charge is 0.240 e. The molecule has 108 valence electrons. The molecule has 0 spiro atoms.